The van der Waals surface area contributed by atoms with Gasteiger partial charge in [-0.05, 0) is 25.0 Å². The number of rotatable bonds is 5. The minimum Gasteiger partial charge on any atom is -0.504 e. The van der Waals surface area contributed by atoms with Crippen LogP contribution in [0.3, 0.4) is 0 Å². The van der Waals surface area contributed by atoms with Gasteiger partial charge < -0.3 is 19.7 Å². The topological polar surface area (TPSA) is 97.5 Å². The van der Waals surface area contributed by atoms with Crippen LogP contribution in [0.4, 0.5) is 0 Å². The van der Waals surface area contributed by atoms with E-state index in [2.05, 4.69) is 15.5 Å². The smallest absolute Gasteiger partial charge is 0.255 e. The van der Waals surface area contributed by atoms with E-state index in [0.717, 1.165) is 18.7 Å². The van der Waals surface area contributed by atoms with E-state index in [1.165, 1.54) is 32.4 Å². The zero-order valence-corrected chi connectivity index (χ0v) is 13.6. The fourth-order valence-electron chi connectivity index (χ4n) is 2.99. The Morgan fingerprint density at radius 1 is 1.38 bits per heavy atom. The Morgan fingerprint density at radius 2 is 2.17 bits per heavy atom. The molecule has 0 radical (unpaired) electrons. The Labute approximate surface area is 140 Å². The van der Waals surface area contributed by atoms with Crippen LogP contribution in [0.25, 0.3) is 0 Å². The predicted molar refractivity (Wildman–Crippen MR) is 86.0 cm³/mol. The molecule has 1 heterocycles. The van der Waals surface area contributed by atoms with Crippen LogP contribution in [-0.2, 0) is 6.54 Å². The predicted octanol–water partition coefficient (Wildman–Crippen LogP) is 2.76. The number of para-hydroxylation sites is 1. The van der Waals surface area contributed by atoms with E-state index in [1.807, 2.05) is 0 Å². The lowest BCUT2D eigenvalue weighted by Crippen LogP contribution is -2.23. The van der Waals surface area contributed by atoms with Gasteiger partial charge in [0.2, 0.25) is 5.89 Å². The number of hydrogen-bond donors (Lipinski definition) is 2. The Morgan fingerprint density at radius 3 is 2.92 bits per heavy atom. The van der Waals surface area contributed by atoms with Crippen LogP contribution in [0.5, 0.6) is 11.5 Å². The van der Waals surface area contributed by atoms with Crippen LogP contribution < -0.4 is 10.1 Å². The van der Waals surface area contributed by atoms with Crippen molar-refractivity contribution in [2.75, 3.05) is 7.11 Å². The molecule has 0 atom stereocenters. The second-order valence-electron chi connectivity index (χ2n) is 5.92. The zero-order valence-electron chi connectivity index (χ0n) is 13.6. The highest BCUT2D eigenvalue weighted by molar-refractivity contribution is 5.97. The number of nitrogens with zero attached hydrogens (tertiary/aromatic N) is 2. The second-order valence-corrected chi connectivity index (χ2v) is 5.92. The van der Waals surface area contributed by atoms with Gasteiger partial charge in [0.25, 0.3) is 5.91 Å². The van der Waals surface area contributed by atoms with Crippen LogP contribution in [0.2, 0.25) is 0 Å². The van der Waals surface area contributed by atoms with Gasteiger partial charge in [0.05, 0.1) is 19.2 Å². The first-order chi connectivity index (χ1) is 11.7. The van der Waals surface area contributed by atoms with Crippen molar-refractivity contribution in [1.29, 1.82) is 0 Å². The highest BCUT2D eigenvalue weighted by Crippen LogP contribution is 2.31. The van der Waals surface area contributed by atoms with Crippen molar-refractivity contribution in [3.63, 3.8) is 0 Å². The molecule has 7 heteroatoms. The fraction of sp³-hybridized carbons (Fsp3) is 0.471. The summed E-state index contributed by atoms with van der Waals surface area (Å²) in [4.78, 5) is 16.6. The minimum atomic E-state index is -0.427. The van der Waals surface area contributed by atoms with E-state index >= 15 is 0 Å². The van der Waals surface area contributed by atoms with Gasteiger partial charge in [-0.15, -0.1) is 0 Å². The molecular formula is C17H21N3O4. The molecule has 1 aliphatic carbocycles. The lowest BCUT2D eigenvalue weighted by molar-refractivity contribution is 0.0943. The van der Waals surface area contributed by atoms with Crippen molar-refractivity contribution < 1.29 is 19.2 Å². The number of aromatic hydroxyl groups is 1. The first-order valence-corrected chi connectivity index (χ1v) is 8.15. The summed E-state index contributed by atoms with van der Waals surface area (Å²) >= 11 is 0. The van der Waals surface area contributed by atoms with Gasteiger partial charge in [0, 0.05) is 5.92 Å². The summed E-state index contributed by atoms with van der Waals surface area (Å²) in [5.74, 6) is 1.08. The molecule has 2 aromatic rings. The Bertz CT molecular complexity index is 708. The molecular weight excluding hydrogens is 310 g/mol. The molecule has 1 saturated carbocycles. The molecule has 0 aliphatic heterocycles. The van der Waals surface area contributed by atoms with Crippen molar-refractivity contribution >= 4 is 5.91 Å². The van der Waals surface area contributed by atoms with E-state index in [-0.39, 0.29) is 23.6 Å². The van der Waals surface area contributed by atoms with Crippen LogP contribution in [-0.4, -0.2) is 28.3 Å². The lowest BCUT2D eigenvalue weighted by atomic mass is 9.89. The number of carbonyl (C=O) groups excluding carboxylic acids is 1. The highest BCUT2D eigenvalue weighted by Gasteiger charge is 2.21. The van der Waals surface area contributed by atoms with Crippen LogP contribution in [0, 0.1) is 0 Å². The number of aromatic nitrogens is 2. The third-order valence-electron chi connectivity index (χ3n) is 4.32. The molecule has 1 fully saturated rings. The number of amides is 1. The number of ether oxygens (including phenoxy) is 1. The summed E-state index contributed by atoms with van der Waals surface area (Å²) in [5, 5.41) is 16.7. The van der Waals surface area contributed by atoms with Crippen LogP contribution in [0.1, 0.15) is 60.1 Å². The molecule has 0 bridgehead atoms. The van der Waals surface area contributed by atoms with Crippen LogP contribution in [0.15, 0.2) is 22.7 Å². The Balaban J connectivity index is 1.61. The third-order valence-corrected chi connectivity index (χ3v) is 4.32. The van der Waals surface area contributed by atoms with Gasteiger partial charge in [-0.3, -0.25) is 4.79 Å². The van der Waals surface area contributed by atoms with Crippen molar-refractivity contribution in [3.05, 3.63) is 35.5 Å². The minimum absolute atomic E-state index is 0.120. The standard InChI is InChI=1S/C17H21N3O4/c1-23-13-9-5-8-12(15(13)21)17(22)18-10-14-19-16(20-24-14)11-6-3-2-4-7-11/h5,8-9,11,21H,2-4,6-7,10H2,1H3,(H,18,22). The summed E-state index contributed by atoms with van der Waals surface area (Å²) < 4.78 is 10.2. The number of hydrogen-bond acceptors (Lipinski definition) is 6. The number of carbonyl (C=O) groups is 1. The molecule has 128 valence electrons. The van der Waals surface area contributed by atoms with E-state index in [0.29, 0.717) is 11.8 Å². The number of nitrogens with one attached hydrogen (secondary N) is 1. The molecule has 1 aromatic heterocycles. The summed E-state index contributed by atoms with van der Waals surface area (Å²) in [5.41, 5.74) is 0.140. The maximum absolute atomic E-state index is 12.2. The fourth-order valence-corrected chi connectivity index (χ4v) is 2.99. The number of benzene rings is 1. The zero-order chi connectivity index (χ0) is 16.9. The first kappa shape index (κ1) is 16.3. The van der Waals surface area contributed by atoms with Gasteiger partial charge in [-0.1, -0.05) is 30.5 Å². The molecule has 1 amide bonds. The average Bonchev–Trinajstić information content (AvgIpc) is 3.10. The SMILES string of the molecule is COc1cccc(C(=O)NCc2nc(C3CCCCC3)no2)c1O. The molecule has 1 aliphatic rings. The van der Waals surface area contributed by atoms with E-state index in [9.17, 15) is 9.90 Å². The van der Waals surface area contributed by atoms with Gasteiger partial charge in [-0.2, -0.15) is 4.98 Å². The van der Waals surface area contributed by atoms with Gasteiger partial charge in [0.1, 0.15) is 0 Å². The monoisotopic (exact) mass is 331 g/mol. The number of phenolic OH excluding ortho intramolecular Hbond substituents is 1. The lowest BCUT2D eigenvalue weighted by Gasteiger charge is -2.17. The van der Waals surface area contributed by atoms with E-state index in [1.54, 1.807) is 12.1 Å². The molecule has 1 aromatic carbocycles. The van der Waals surface area contributed by atoms with E-state index in [4.69, 9.17) is 9.26 Å². The second kappa shape index (κ2) is 7.33. The molecule has 0 spiro atoms. The summed E-state index contributed by atoms with van der Waals surface area (Å²) in [6.45, 7) is 0.120. The van der Waals surface area contributed by atoms with Gasteiger partial charge in [0.15, 0.2) is 17.3 Å². The largest absolute Gasteiger partial charge is 0.504 e. The van der Waals surface area contributed by atoms with E-state index < -0.39 is 5.91 Å². The molecule has 0 unspecified atom stereocenters. The number of phenols is 1. The summed E-state index contributed by atoms with van der Waals surface area (Å²) in [7, 11) is 1.43. The maximum Gasteiger partial charge on any atom is 0.255 e. The van der Waals surface area contributed by atoms with Crippen molar-refractivity contribution in [2.45, 2.75) is 44.6 Å². The van der Waals surface area contributed by atoms with Crippen molar-refractivity contribution in [2.24, 2.45) is 0 Å². The highest BCUT2D eigenvalue weighted by atomic mass is 16.5. The summed E-state index contributed by atoms with van der Waals surface area (Å²) in [6.07, 6.45) is 5.83. The maximum atomic E-state index is 12.2. The molecule has 3 rings (SSSR count). The average molecular weight is 331 g/mol. The van der Waals surface area contributed by atoms with Crippen molar-refractivity contribution in [3.8, 4) is 11.5 Å². The van der Waals surface area contributed by atoms with Crippen LogP contribution >= 0.6 is 0 Å². The summed E-state index contributed by atoms with van der Waals surface area (Å²) in [6, 6.07) is 4.75. The molecule has 7 nitrogen and oxygen atoms in total. The van der Waals surface area contributed by atoms with Gasteiger partial charge >= 0.3 is 0 Å². The molecule has 2 N–H and O–H groups in total. The Kier molecular flexibility index (Phi) is 4.98. The quantitative estimate of drug-likeness (QED) is 0.874. The molecule has 24 heavy (non-hydrogen) atoms. The Hall–Kier alpha value is -2.57. The van der Waals surface area contributed by atoms with Gasteiger partial charge in [-0.25, -0.2) is 0 Å². The first-order valence-electron chi connectivity index (χ1n) is 8.15. The number of methoxy groups -OCH3 is 1. The normalized spacial score (nSPS) is 15.2. The third kappa shape index (κ3) is 3.50. The molecule has 0 saturated heterocycles. The van der Waals surface area contributed by atoms with Crippen molar-refractivity contribution in [1.82, 2.24) is 15.5 Å².